The molecular weight excluding hydrogens is 240 g/mol. The third-order valence-corrected chi connectivity index (χ3v) is 4.76. The number of hydrogen-bond acceptors (Lipinski definition) is 2. The Balaban J connectivity index is 4.23. The normalized spacial score (nSPS) is 13.1. The molecule has 0 N–H and O–H groups in total. The zero-order valence-corrected chi connectivity index (χ0v) is 10.7. The third-order valence-electron chi connectivity index (χ3n) is 2.17. The van der Waals surface area contributed by atoms with Gasteiger partial charge in [0.15, 0.2) is 0 Å². The quantitative estimate of drug-likeness (QED) is 0.603. The van der Waals surface area contributed by atoms with Crippen LogP contribution in [-0.2, 0) is 9.09 Å². The second kappa shape index (κ2) is 7.33. The van der Waals surface area contributed by atoms with Crippen LogP contribution in [0.5, 0.6) is 0 Å². The smallest absolute Gasteiger partial charge is 0.319 e. The van der Waals surface area contributed by atoms with Gasteiger partial charge in [0.2, 0.25) is 7.37 Å². The van der Waals surface area contributed by atoms with E-state index in [2.05, 4.69) is 4.52 Å². The lowest BCUT2D eigenvalue weighted by Crippen LogP contribution is -2.17. The fraction of sp³-hybridized carbons (Fsp3) is 1.00. The van der Waals surface area contributed by atoms with Gasteiger partial charge in [0.1, 0.15) is 6.61 Å². The van der Waals surface area contributed by atoms with E-state index in [9.17, 15) is 17.7 Å². The van der Waals surface area contributed by atoms with Crippen LogP contribution in [0, 0.1) is 0 Å². The van der Waals surface area contributed by atoms with Crippen LogP contribution < -0.4 is 0 Å². The highest BCUT2D eigenvalue weighted by molar-refractivity contribution is 7.58. The van der Waals surface area contributed by atoms with E-state index < -0.39 is 20.2 Å². The molecule has 0 heterocycles. The van der Waals surface area contributed by atoms with Crippen LogP contribution in [0.1, 0.15) is 39.5 Å². The fourth-order valence-electron chi connectivity index (χ4n) is 1.23. The van der Waals surface area contributed by atoms with Crippen molar-refractivity contribution in [3.05, 3.63) is 0 Å². The van der Waals surface area contributed by atoms with Gasteiger partial charge in [-0.3, -0.25) is 4.57 Å². The number of hydrogen-bond donors (Lipinski definition) is 0. The molecule has 0 aliphatic rings. The number of rotatable bonds is 8. The lowest BCUT2D eigenvalue weighted by molar-refractivity contribution is -0.153. The highest BCUT2D eigenvalue weighted by Gasteiger charge is 2.32. The van der Waals surface area contributed by atoms with Gasteiger partial charge < -0.3 is 4.52 Å². The molecule has 0 atom stereocenters. The summed E-state index contributed by atoms with van der Waals surface area (Å²) < 4.78 is 52.6. The van der Waals surface area contributed by atoms with Gasteiger partial charge in [-0.25, -0.2) is 0 Å². The van der Waals surface area contributed by atoms with Gasteiger partial charge in [-0.05, 0) is 12.8 Å². The van der Waals surface area contributed by atoms with E-state index in [0.717, 1.165) is 12.8 Å². The van der Waals surface area contributed by atoms with E-state index >= 15 is 0 Å². The van der Waals surface area contributed by atoms with E-state index in [-0.39, 0.29) is 12.3 Å². The lowest BCUT2D eigenvalue weighted by atomic mass is 10.4. The Bertz CT molecular complexity index is 217. The molecule has 0 aliphatic carbocycles. The minimum Gasteiger partial charge on any atom is -0.319 e. The summed E-state index contributed by atoms with van der Waals surface area (Å²) >= 11 is 0. The molecule has 98 valence electrons. The minimum atomic E-state index is -4.39. The van der Waals surface area contributed by atoms with Crippen molar-refractivity contribution in [3.8, 4) is 0 Å². The molecule has 0 aromatic rings. The maximum absolute atomic E-state index is 12.1. The van der Waals surface area contributed by atoms with Crippen LogP contribution in [0.15, 0.2) is 0 Å². The predicted molar refractivity (Wildman–Crippen MR) is 59.2 cm³/mol. The van der Waals surface area contributed by atoms with Gasteiger partial charge in [-0.15, -0.1) is 0 Å². The van der Waals surface area contributed by atoms with Crippen LogP contribution >= 0.6 is 7.37 Å². The topological polar surface area (TPSA) is 26.3 Å². The summed E-state index contributed by atoms with van der Waals surface area (Å²) in [7, 11) is -3.07. The molecular formula is C10H20F3O2P. The summed E-state index contributed by atoms with van der Waals surface area (Å²) in [6.07, 6.45) is -0.943. The Kier molecular flexibility index (Phi) is 7.32. The largest absolute Gasteiger partial charge is 0.412 e. The molecule has 0 saturated carbocycles. The zero-order chi connectivity index (χ0) is 12.7. The average Bonchev–Trinajstić information content (AvgIpc) is 2.20. The van der Waals surface area contributed by atoms with Crippen LogP contribution in [0.3, 0.4) is 0 Å². The van der Waals surface area contributed by atoms with Gasteiger partial charge >= 0.3 is 6.18 Å². The number of unbranched alkanes of at least 4 members (excludes halogenated alkanes) is 2. The molecule has 6 heteroatoms. The molecule has 0 radical (unpaired) electrons. The molecule has 0 spiro atoms. The van der Waals surface area contributed by atoms with Gasteiger partial charge in [-0.2, -0.15) is 13.2 Å². The van der Waals surface area contributed by atoms with E-state index in [1.165, 1.54) is 0 Å². The molecule has 0 bridgehead atoms. The molecule has 0 aromatic heterocycles. The molecule has 0 aliphatic heterocycles. The maximum Gasteiger partial charge on any atom is 0.412 e. The maximum atomic E-state index is 12.1. The summed E-state index contributed by atoms with van der Waals surface area (Å²) in [5.41, 5.74) is 0. The summed E-state index contributed by atoms with van der Waals surface area (Å²) in [6, 6.07) is 0. The van der Waals surface area contributed by atoms with E-state index in [1.54, 1.807) is 0 Å². The molecule has 2 nitrogen and oxygen atoms in total. The first-order valence-electron chi connectivity index (χ1n) is 5.62. The van der Waals surface area contributed by atoms with Crippen molar-refractivity contribution >= 4 is 7.37 Å². The average molecular weight is 260 g/mol. The van der Waals surface area contributed by atoms with Crippen LogP contribution in [0.4, 0.5) is 13.2 Å². The molecule has 0 amide bonds. The molecule has 0 rings (SSSR count). The molecule has 0 aromatic carbocycles. The van der Waals surface area contributed by atoms with Crippen LogP contribution in [-0.4, -0.2) is 25.1 Å². The number of halogens is 3. The van der Waals surface area contributed by atoms with Crippen molar-refractivity contribution in [1.29, 1.82) is 0 Å². The first-order chi connectivity index (χ1) is 7.33. The second-order valence-corrected chi connectivity index (χ2v) is 6.64. The predicted octanol–water partition coefficient (Wildman–Crippen LogP) is 4.44. The summed E-state index contributed by atoms with van der Waals surface area (Å²) in [5.74, 6) is 0. The molecule has 16 heavy (non-hydrogen) atoms. The molecule has 0 saturated heterocycles. The Labute approximate surface area is 95.0 Å². The van der Waals surface area contributed by atoms with Crippen LogP contribution in [0.25, 0.3) is 0 Å². The summed E-state index contributed by atoms with van der Waals surface area (Å²) in [6.45, 7) is 2.43. The van der Waals surface area contributed by atoms with Gasteiger partial charge in [0.05, 0.1) is 0 Å². The second-order valence-electron chi connectivity index (χ2n) is 3.86. The number of alkyl halides is 3. The molecule has 0 unspecified atom stereocenters. The van der Waals surface area contributed by atoms with Gasteiger partial charge in [-0.1, -0.05) is 26.7 Å². The van der Waals surface area contributed by atoms with E-state index in [4.69, 9.17) is 0 Å². The Morgan fingerprint density at radius 1 is 1.06 bits per heavy atom. The highest BCUT2D eigenvalue weighted by atomic mass is 31.2. The van der Waals surface area contributed by atoms with Crippen molar-refractivity contribution in [2.24, 2.45) is 0 Å². The van der Waals surface area contributed by atoms with Crippen molar-refractivity contribution in [2.75, 3.05) is 18.9 Å². The summed E-state index contributed by atoms with van der Waals surface area (Å²) in [4.78, 5) is 0. The standard InChI is InChI=1S/C10H20F3O2P/c1-3-5-7-16(14,8-6-4-2)15-9-10(11,12)13/h3-9H2,1-2H3. The molecule has 0 fully saturated rings. The Morgan fingerprint density at radius 2 is 1.50 bits per heavy atom. The monoisotopic (exact) mass is 260 g/mol. The van der Waals surface area contributed by atoms with Crippen molar-refractivity contribution in [3.63, 3.8) is 0 Å². The first-order valence-corrected chi connectivity index (χ1v) is 7.62. The minimum absolute atomic E-state index is 0.263. The zero-order valence-electron chi connectivity index (χ0n) is 9.85. The van der Waals surface area contributed by atoms with E-state index in [1.807, 2.05) is 13.8 Å². The fourth-order valence-corrected chi connectivity index (χ4v) is 3.69. The lowest BCUT2D eigenvalue weighted by Gasteiger charge is -2.19. The van der Waals surface area contributed by atoms with Crippen molar-refractivity contribution in [2.45, 2.75) is 45.7 Å². The Morgan fingerprint density at radius 3 is 1.81 bits per heavy atom. The SMILES string of the molecule is CCCCP(=O)(CCCC)OCC(F)(F)F. The van der Waals surface area contributed by atoms with Gasteiger partial charge in [0, 0.05) is 12.3 Å². The van der Waals surface area contributed by atoms with Gasteiger partial charge in [0.25, 0.3) is 0 Å². The summed E-state index contributed by atoms with van der Waals surface area (Å²) in [5, 5.41) is 0. The van der Waals surface area contributed by atoms with E-state index in [0.29, 0.717) is 12.8 Å². The third kappa shape index (κ3) is 8.17. The van der Waals surface area contributed by atoms with Crippen molar-refractivity contribution in [1.82, 2.24) is 0 Å². The Hall–Kier alpha value is -0.0200. The van der Waals surface area contributed by atoms with Crippen LogP contribution in [0.2, 0.25) is 0 Å². The first kappa shape index (κ1) is 16.0. The highest BCUT2D eigenvalue weighted by Crippen LogP contribution is 2.49. The van der Waals surface area contributed by atoms with Crippen molar-refractivity contribution < 1.29 is 22.3 Å².